The molecule has 2 N–H and O–H groups in total. The van der Waals surface area contributed by atoms with E-state index in [2.05, 4.69) is 26.6 Å². The molecule has 0 fully saturated rings. The van der Waals surface area contributed by atoms with Crippen molar-refractivity contribution in [1.82, 2.24) is 15.2 Å². The van der Waals surface area contributed by atoms with E-state index in [1.165, 1.54) is 0 Å². The molecule has 0 saturated heterocycles. The Morgan fingerprint density at radius 2 is 1.81 bits per heavy atom. The summed E-state index contributed by atoms with van der Waals surface area (Å²) in [4.78, 5) is 24.9. The molecule has 2 amide bonds. The average Bonchev–Trinajstić information content (AvgIpc) is 2.80. The van der Waals surface area contributed by atoms with Crippen LogP contribution in [0, 0.1) is 13.8 Å². The smallest absolute Gasteiger partial charge is 0.253 e. The molecule has 2 aromatic rings. The minimum Gasteiger partial charge on any atom is -0.350 e. The summed E-state index contributed by atoms with van der Waals surface area (Å²) < 4.78 is 3.00. The van der Waals surface area contributed by atoms with Gasteiger partial charge in [0.2, 0.25) is 5.91 Å². The standard InChI is InChI=1S/C20H26BrN3O2/c1-12-10-17(14(3)24(12)16-9-7-8-15(21)11-16)19(26)22-13(2)18(25)23-20(4,5)6/h7-11,13H,1-6H3,(H,22,26)(H,23,25). The van der Waals surface area contributed by atoms with Crippen LogP contribution >= 0.6 is 15.9 Å². The molecule has 2 rings (SSSR count). The van der Waals surface area contributed by atoms with Crippen LogP contribution in [0.15, 0.2) is 34.8 Å². The Kier molecular flexibility index (Phi) is 5.96. The number of halogens is 1. The van der Waals surface area contributed by atoms with Crippen molar-refractivity contribution >= 4 is 27.7 Å². The van der Waals surface area contributed by atoms with Gasteiger partial charge in [0, 0.05) is 27.1 Å². The first kappa shape index (κ1) is 20.2. The van der Waals surface area contributed by atoms with Gasteiger partial charge < -0.3 is 15.2 Å². The lowest BCUT2D eigenvalue weighted by molar-refractivity contribution is -0.124. The molecule has 26 heavy (non-hydrogen) atoms. The summed E-state index contributed by atoms with van der Waals surface area (Å²) in [6.45, 7) is 11.3. The maximum Gasteiger partial charge on any atom is 0.253 e. The predicted octanol–water partition coefficient (Wildman–Crippen LogP) is 3.89. The van der Waals surface area contributed by atoms with Crippen molar-refractivity contribution < 1.29 is 9.59 Å². The van der Waals surface area contributed by atoms with Crippen molar-refractivity contribution in [3.05, 3.63) is 51.8 Å². The first-order chi connectivity index (χ1) is 12.0. The van der Waals surface area contributed by atoms with Crippen LogP contribution < -0.4 is 10.6 Å². The quantitative estimate of drug-likeness (QED) is 0.789. The van der Waals surface area contributed by atoms with Gasteiger partial charge in [-0.15, -0.1) is 0 Å². The third kappa shape index (κ3) is 4.75. The average molecular weight is 420 g/mol. The molecule has 140 valence electrons. The van der Waals surface area contributed by atoms with Crippen molar-refractivity contribution in [3.63, 3.8) is 0 Å². The number of nitrogens with one attached hydrogen (secondary N) is 2. The number of hydrogen-bond acceptors (Lipinski definition) is 2. The molecule has 0 aliphatic heterocycles. The number of hydrogen-bond donors (Lipinski definition) is 2. The summed E-state index contributed by atoms with van der Waals surface area (Å²) in [5.74, 6) is -0.456. The normalized spacial score (nSPS) is 12.6. The van der Waals surface area contributed by atoms with E-state index < -0.39 is 6.04 Å². The van der Waals surface area contributed by atoms with Gasteiger partial charge in [-0.1, -0.05) is 22.0 Å². The summed E-state index contributed by atoms with van der Waals surface area (Å²) in [6, 6.07) is 9.14. The van der Waals surface area contributed by atoms with Gasteiger partial charge in [-0.2, -0.15) is 0 Å². The van der Waals surface area contributed by atoms with Crippen LogP contribution in [0.3, 0.4) is 0 Å². The summed E-state index contributed by atoms with van der Waals surface area (Å²) in [5, 5.41) is 5.66. The minimum absolute atomic E-state index is 0.202. The fourth-order valence-electron chi connectivity index (χ4n) is 2.82. The maximum absolute atomic E-state index is 12.7. The second kappa shape index (κ2) is 7.66. The zero-order valence-electron chi connectivity index (χ0n) is 16.1. The largest absolute Gasteiger partial charge is 0.350 e. The number of rotatable bonds is 4. The summed E-state index contributed by atoms with van der Waals surface area (Å²) in [5.41, 5.74) is 3.00. The molecule has 0 aliphatic rings. The Morgan fingerprint density at radius 3 is 2.38 bits per heavy atom. The number of aromatic nitrogens is 1. The van der Waals surface area contributed by atoms with Crippen molar-refractivity contribution in [1.29, 1.82) is 0 Å². The lowest BCUT2D eigenvalue weighted by Crippen LogP contribution is -2.50. The fraction of sp³-hybridized carbons (Fsp3) is 0.400. The van der Waals surface area contributed by atoms with Crippen LogP contribution in [-0.4, -0.2) is 28.0 Å². The lowest BCUT2D eigenvalue weighted by Gasteiger charge is -2.23. The number of carbonyl (C=O) groups is 2. The Labute approximate surface area is 163 Å². The molecule has 5 nitrogen and oxygen atoms in total. The van der Waals surface area contributed by atoms with Crippen molar-refractivity contribution in [2.75, 3.05) is 0 Å². The highest BCUT2D eigenvalue weighted by atomic mass is 79.9. The highest BCUT2D eigenvalue weighted by Crippen LogP contribution is 2.23. The zero-order chi connectivity index (χ0) is 19.6. The van der Waals surface area contributed by atoms with Gasteiger partial charge in [0.1, 0.15) is 6.04 Å². The molecule has 1 atom stereocenters. The summed E-state index contributed by atoms with van der Waals surface area (Å²) >= 11 is 3.48. The van der Waals surface area contributed by atoms with Gasteiger partial charge in [0.15, 0.2) is 0 Å². The highest BCUT2D eigenvalue weighted by Gasteiger charge is 2.23. The van der Waals surface area contributed by atoms with Crippen molar-refractivity contribution in [3.8, 4) is 5.69 Å². The number of nitrogens with zero attached hydrogens (tertiary/aromatic N) is 1. The molecule has 1 aromatic carbocycles. The van der Waals surface area contributed by atoms with E-state index >= 15 is 0 Å². The van der Waals surface area contributed by atoms with Crippen molar-refractivity contribution in [2.45, 2.75) is 53.1 Å². The Balaban J connectivity index is 2.23. The topological polar surface area (TPSA) is 63.1 Å². The number of carbonyl (C=O) groups excluding carboxylic acids is 2. The van der Waals surface area contributed by atoms with Gasteiger partial charge in [0.25, 0.3) is 5.91 Å². The monoisotopic (exact) mass is 419 g/mol. The number of aryl methyl sites for hydroxylation is 1. The molecule has 0 radical (unpaired) electrons. The van der Waals surface area contributed by atoms with Crippen molar-refractivity contribution in [2.24, 2.45) is 0 Å². The molecule has 0 bridgehead atoms. The molecule has 0 saturated carbocycles. The third-order valence-corrected chi connectivity index (χ3v) is 4.47. The van der Waals surface area contributed by atoms with E-state index in [0.717, 1.165) is 21.5 Å². The third-order valence-electron chi connectivity index (χ3n) is 3.98. The van der Waals surface area contributed by atoms with Gasteiger partial charge in [-0.3, -0.25) is 9.59 Å². The van der Waals surface area contributed by atoms with Crippen LogP contribution in [0.2, 0.25) is 0 Å². The van der Waals surface area contributed by atoms with E-state index in [1.54, 1.807) is 6.92 Å². The fourth-order valence-corrected chi connectivity index (χ4v) is 3.21. The first-order valence-corrected chi connectivity index (χ1v) is 9.36. The minimum atomic E-state index is -0.615. The lowest BCUT2D eigenvalue weighted by atomic mass is 10.1. The second-order valence-electron chi connectivity index (χ2n) is 7.53. The summed E-state index contributed by atoms with van der Waals surface area (Å²) in [6.07, 6.45) is 0. The molecule has 6 heteroatoms. The molecular weight excluding hydrogens is 394 g/mol. The van der Waals surface area contributed by atoms with Crippen LogP contribution in [0.1, 0.15) is 49.4 Å². The van der Waals surface area contributed by atoms with E-state index in [4.69, 9.17) is 0 Å². The second-order valence-corrected chi connectivity index (χ2v) is 8.45. The Bertz CT molecular complexity index is 834. The van der Waals surface area contributed by atoms with E-state index in [1.807, 2.05) is 69.5 Å². The van der Waals surface area contributed by atoms with E-state index in [-0.39, 0.29) is 17.4 Å². The predicted molar refractivity (Wildman–Crippen MR) is 108 cm³/mol. The Morgan fingerprint density at radius 1 is 1.15 bits per heavy atom. The first-order valence-electron chi connectivity index (χ1n) is 8.57. The summed E-state index contributed by atoms with van der Waals surface area (Å²) in [7, 11) is 0. The molecule has 0 aliphatic carbocycles. The highest BCUT2D eigenvalue weighted by molar-refractivity contribution is 9.10. The van der Waals surface area contributed by atoms with Gasteiger partial charge in [-0.25, -0.2) is 0 Å². The van der Waals surface area contributed by atoms with Crippen LogP contribution in [-0.2, 0) is 4.79 Å². The van der Waals surface area contributed by atoms with E-state index in [0.29, 0.717) is 5.56 Å². The maximum atomic E-state index is 12.7. The van der Waals surface area contributed by atoms with Crippen LogP contribution in [0.4, 0.5) is 0 Å². The molecule has 0 spiro atoms. The number of benzene rings is 1. The van der Waals surface area contributed by atoms with Gasteiger partial charge in [-0.05, 0) is 65.8 Å². The molecule has 1 aromatic heterocycles. The van der Waals surface area contributed by atoms with Crippen LogP contribution in [0.25, 0.3) is 5.69 Å². The molecule has 1 heterocycles. The van der Waals surface area contributed by atoms with Gasteiger partial charge in [0.05, 0.1) is 5.56 Å². The SMILES string of the molecule is Cc1cc(C(=O)NC(C)C(=O)NC(C)(C)C)c(C)n1-c1cccc(Br)c1. The Hall–Kier alpha value is -2.08. The van der Waals surface area contributed by atoms with Gasteiger partial charge >= 0.3 is 0 Å². The molecular formula is C20H26BrN3O2. The van der Waals surface area contributed by atoms with Crippen LogP contribution in [0.5, 0.6) is 0 Å². The zero-order valence-corrected chi connectivity index (χ0v) is 17.7. The van der Waals surface area contributed by atoms with E-state index in [9.17, 15) is 9.59 Å². The number of amides is 2. The molecule has 1 unspecified atom stereocenters.